The smallest absolute Gasteiger partial charge is 0.0670 e. The number of hydrogen-bond acceptors (Lipinski definition) is 3. The molecule has 0 aliphatic carbocycles. The molecule has 0 amide bonds. The summed E-state index contributed by atoms with van der Waals surface area (Å²) in [6.45, 7) is 6.44. The Morgan fingerprint density at radius 1 is 1.24 bits per heavy atom. The van der Waals surface area contributed by atoms with Crippen LogP contribution < -0.4 is 10.6 Å². The SMILES string of the molecule is CCCN(CCC)c1ccc(N)c(CC#N)c1. The van der Waals surface area contributed by atoms with Crippen LogP contribution in [0.25, 0.3) is 0 Å². The number of nitriles is 1. The van der Waals surface area contributed by atoms with Gasteiger partial charge < -0.3 is 10.6 Å². The van der Waals surface area contributed by atoms with E-state index in [2.05, 4.69) is 24.8 Å². The second kappa shape index (κ2) is 6.80. The van der Waals surface area contributed by atoms with Crippen LogP contribution in [0.2, 0.25) is 0 Å². The maximum absolute atomic E-state index is 8.76. The van der Waals surface area contributed by atoms with Gasteiger partial charge in [-0.25, -0.2) is 0 Å². The molecule has 3 heteroatoms. The minimum atomic E-state index is 0.381. The number of nitrogens with zero attached hydrogens (tertiary/aromatic N) is 2. The second-order valence-electron chi connectivity index (χ2n) is 4.21. The van der Waals surface area contributed by atoms with Crippen LogP contribution in [-0.4, -0.2) is 13.1 Å². The van der Waals surface area contributed by atoms with Crippen LogP contribution in [-0.2, 0) is 6.42 Å². The number of nitrogens with two attached hydrogens (primary N) is 1. The van der Waals surface area contributed by atoms with Gasteiger partial charge >= 0.3 is 0 Å². The van der Waals surface area contributed by atoms with E-state index >= 15 is 0 Å². The lowest BCUT2D eigenvalue weighted by molar-refractivity contribution is 0.744. The van der Waals surface area contributed by atoms with E-state index in [1.165, 1.54) is 5.69 Å². The molecule has 2 N–H and O–H groups in total. The average Bonchev–Trinajstić information content (AvgIpc) is 2.32. The first-order valence-corrected chi connectivity index (χ1v) is 6.23. The van der Waals surface area contributed by atoms with Crippen LogP contribution in [0.3, 0.4) is 0 Å². The number of nitrogen functional groups attached to an aromatic ring is 1. The Bertz CT molecular complexity index is 387. The van der Waals surface area contributed by atoms with Crippen molar-refractivity contribution in [2.75, 3.05) is 23.7 Å². The van der Waals surface area contributed by atoms with Crippen molar-refractivity contribution in [3.8, 4) is 6.07 Å². The molecular weight excluding hydrogens is 210 g/mol. The molecule has 0 unspecified atom stereocenters. The molecule has 0 spiro atoms. The second-order valence-corrected chi connectivity index (χ2v) is 4.21. The molecule has 3 nitrogen and oxygen atoms in total. The van der Waals surface area contributed by atoms with Gasteiger partial charge in [-0.05, 0) is 36.6 Å². The summed E-state index contributed by atoms with van der Waals surface area (Å²) in [6, 6.07) is 8.15. The van der Waals surface area contributed by atoms with Gasteiger partial charge in [0.15, 0.2) is 0 Å². The predicted molar refractivity (Wildman–Crippen MR) is 73.0 cm³/mol. The molecule has 1 rings (SSSR count). The normalized spacial score (nSPS) is 9.94. The number of anilines is 2. The predicted octanol–water partition coefficient (Wildman–Crippen LogP) is 2.96. The molecular formula is C14H21N3. The highest BCUT2D eigenvalue weighted by atomic mass is 15.1. The third kappa shape index (κ3) is 3.67. The summed E-state index contributed by atoms with van der Waals surface area (Å²) in [5.41, 5.74) is 8.67. The minimum absolute atomic E-state index is 0.381. The van der Waals surface area contributed by atoms with Crippen molar-refractivity contribution in [3.05, 3.63) is 23.8 Å². The monoisotopic (exact) mass is 231 g/mol. The quantitative estimate of drug-likeness (QED) is 0.766. The molecule has 0 bridgehead atoms. The van der Waals surface area contributed by atoms with Gasteiger partial charge in [0.2, 0.25) is 0 Å². The zero-order chi connectivity index (χ0) is 12.7. The highest BCUT2D eigenvalue weighted by Crippen LogP contribution is 2.22. The first-order valence-electron chi connectivity index (χ1n) is 6.23. The van der Waals surface area contributed by atoms with Crippen LogP contribution in [0.4, 0.5) is 11.4 Å². The fourth-order valence-electron chi connectivity index (χ4n) is 1.94. The molecule has 0 fully saturated rings. The summed E-state index contributed by atoms with van der Waals surface area (Å²) >= 11 is 0. The van der Waals surface area contributed by atoms with Crippen molar-refractivity contribution in [1.82, 2.24) is 0 Å². The molecule has 0 radical (unpaired) electrons. The van der Waals surface area contributed by atoms with Crippen molar-refractivity contribution in [1.29, 1.82) is 5.26 Å². The summed E-state index contributed by atoms with van der Waals surface area (Å²) in [7, 11) is 0. The van der Waals surface area contributed by atoms with E-state index in [0.29, 0.717) is 12.1 Å². The van der Waals surface area contributed by atoms with Crippen molar-refractivity contribution >= 4 is 11.4 Å². The standard InChI is InChI=1S/C14H21N3/c1-3-9-17(10-4-2)13-5-6-14(16)12(11-13)7-8-15/h5-6,11H,3-4,7,9-10,16H2,1-2H3. The summed E-state index contributed by atoms with van der Waals surface area (Å²) in [5.74, 6) is 0. The van der Waals surface area contributed by atoms with Gasteiger partial charge in [-0.15, -0.1) is 0 Å². The Morgan fingerprint density at radius 2 is 1.88 bits per heavy atom. The van der Waals surface area contributed by atoms with Gasteiger partial charge in [0.1, 0.15) is 0 Å². The topological polar surface area (TPSA) is 53.0 Å². The fraction of sp³-hybridized carbons (Fsp3) is 0.500. The van der Waals surface area contributed by atoms with Crippen LogP contribution >= 0.6 is 0 Å². The minimum Gasteiger partial charge on any atom is -0.398 e. The van der Waals surface area contributed by atoms with Gasteiger partial charge in [-0.3, -0.25) is 0 Å². The Morgan fingerprint density at radius 3 is 2.41 bits per heavy atom. The number of rotatable bonds is 6. The molecule has 17 heavy (non-hydrogen) atoms. The van der Waals surface area contributed by atoms with Crippen molar-refractivity contribution in [2.24, 2.45) is 0 Å². The number of benzene rings is 1. The van der Waals surface area contributed by atoms with Crippen LogP contribution in [0, 0.1) is 11.3 Å². The Balaban J connectivity index is 2.95. The van der Waals surface area contributed by atoms with Crippen molar-refractivity contribution in [3.63, 3.8) is 0 Å². The lowest BCUT2D eigenvalue weighted by atomic mass is 10.1. The molecule has 92 valence electrons. The summed E-state index contributed by atoms with van der Waals surface area (Å²) < 4.78 is 0. The zero-order valence-corrected chi connectivity index (χ0v) is 10.7. The largest absolute Gasteiger partial charge is 0.398 e. The summed E-state index contributed by atoms with van der Waals surface area (Å²) in [4.78, 5) is 2.35. The van der Waals surface area contributed by atoms with Crippen LogP contribution in [0.1, 0.15) is 32.3 Å². The van der Waals surface area contributed by atoms with Crippen LogP contribution in [0.15, 0.2) is 18.2 Å². The van der Waals surface area contributed by atoms with E-state index in [1.807, 2.05) is 18.2 Å². The van der Waals surface area contributed by atoms with Gasteiger partial charge in [-0.2, -0.15) is 5.26 Å². The third-order valence-corrected chi connectivity index (χ3v) is 2.75. The van der Waals surface area contributed by atoms with E-state index in [0.717, 1.165) is 31.5 Å². The Hall–Kier alpha value is -1.69. The Labute approximate surface area is 104 Å². The van der Waals surface area contributed by atoms with E-state index in [-0.39, 0.29) is 0 Å². The molecule has 0 heterocycles. The highest BCUT2D eigenvalue weighted by molar-refractivity contribution is 5.59. The third-order valence-electron chi connectivity index (χ3n) is 2.75. The molecule has 0 saturated heterocycles. The van der Waals surface area contributed by atoms with E-state index in [1.54, 1.807) is 0 Å². The maximum Gasteiger partial charge on any atom is 0.0670 e. The van der Waals surface area contributed by atoms with Crippen LogP contribution in [0.5, 0.6) is 0 Å². The summed E-state index contributed by atoms with van der Waals surface area (Å²) in [6.07, 6.45) is 2.63. The van der Waals surface area contributed by atoms with Gasteiger partial charge in [-0.1, -0.05) is 13.8 Å². The molecule has 1 aromatic carbocycles. The lowest BCUT2D eigenvalue weighted by Gasteiger charge is -2.24. The fourth-order valence-corrected chi connectivity index (χ4v) is 1.94. The molecule has 0 aromatic heterocycles. The average molecular weight is 231 g/mol. The van der Waals surface area contributed by atoms with Gasteiger partial charge in [0.05, 0.1) is 12.5 Å². The Kier molecular flexibility index (Phi) is 5.35. The van der Waals surface area contributed by atoms with Gasteiger partial charge in [0, 0.05) is 24.5 Å². The highest BCUT2D eigenvalue weighted by Gasteiger charge is 2.07. The van der Waals surface area contributed by atoms with E-state index in [4.69, 9.17) is 11.0 Å². The van der Waals surface area contributed by atoms with Crippen molar-refractivity contribution < 1.29 is 0 Å². The lowest BCUT2D eigenvalue weighted by Crippen LogP contribution is -2.24. The first kappa shape index (κ1) is 13.4. The molecule has 0 atom stereocenters. The summed E-state index contributed by atoms with van der Waals surface area (Å²) in [5, 5.41) is 8.76. The van der Waals surface area contributed by atoms with Gasteiger partial charge in [0.25, 0.3) is 0 Å². The number of hydrogen-bond donors (Lipinski definition) is 1. The first-order chi connectivity index (χ1) is 8.22. The molecule has 1 aromatic rings. The van der Waals surface area contributed by atoms with E-state index < -0.39 is 0 Å². The molecule has 0 aliphatic heterocycles. The zero-order valence-electron chi connectivity index (χ0n) is 10.7. The van der Waals surface area contributed by atoms with Crippen molar-refractivity contribution in [2.45, 2.75) is 33.1 Å². The molecule has 0 aliphatic rings. The maximum atomic E-state index is 8.76. The van der Waals surface area contributed by atoms with E-state index in [9.17, 15) is 0 Å². The molecule has 0 saturated carbocycles.